The highest BCUT2D eigenvalue weighted by atomic mass is 35.5. The molecule has 180 valence electrons. The van der Waals surface area contributed by atoms with Gasteiger partial charge in [-0.25, -0.2) is 5.01 Å². The molecule has 3 aromatic rings. The number of carbonyl (C=O) groups excluding carboxylic acids is 2. The summed E-state index contributed by atoms with van der Waals surface area (Å²) in [5.74, 6) is 0.636. The first-order chi connectivity index (χ1) is 16.9. The molecule has 3 aromatic carbocycles. The van der Waals surface area contributed by atoms with Crippen LogP contribution in [0.25, 0.3) is 0 Å². The Kier molecular flexibility index (Phi) is 7.36. The maximum absolute atomic E-state index is 13.4. The molecular weight excluding hydrogens is 466 g/mol. The van der Waals surface area contributed by atoms with Gasteiger partial charge in [-0.3, -0.25) is 9.59 Å². The monoisotopic (exact) mass is 491 g/mol. The van der Waals surface area contributed by atoms with Crippen LogP contribution in [0.4, 0.5) is 0 Å². The molecule has 0 N–H and O–H groups in total. The summed E-state index contributed by atoms with van der Waals surface area (Å²) in [6.45, 7) is -0.149. The number of hydrogen-bond acceptors (Lipinski definition) is 5. The zero-order valence-electron chi connectivity index (χ0n) is 19.8. The Morgan fingerprint density at radius 3 is 2.43 bits per heavy atom. The van der Waals surface area contributed by atoms with Crippen LogP contribution in [0, 0.1) is 0 Å². The van der Waals surface area contributed by atoms with Gasteiger partial charge in [0.2, 0.25) is 0 Å². The number of hydrogen-bond donors (Lipinski definition) is 0. The van der Waals surface area contributed by atoms with E-state index in [1.165, 1.54) is 9.91 Å². The summed E-state index contributed by atoms with van der Waals surface area (Å²) in [5, 5.41) is 6.50. The Morgan fingerprint density at radius 2 is 1.74 bits per heavy atom. The van der Waals surface area contributed by atoms with Crippen molar-refractivity contribution in [2.24, 2.45) is 5.10 Å². The van der Waals surface area contributed by atoms with E-state index in [4.69, 9.17) is 26.2 Å². The molecule has 2 amide bonds. The zero-order chi connectivity index (χ0) is 24.9. The van der Waals surface area contributed by atoms with Gasteiger partial charge in [-0.2, -0.15) is 5.10 Å². The van der Waals surface area contributed by atoms with Crippen LogP contribution in [0.2, 0.25) is 5.02 Å². The minimum Gasteiger partial charge on any atom is -0.497 e. The third kappa shape index (κ3) is 5.15. The number of benzene rings is 3. The van der Waals surface area contributed by atoms with E-state index in [0.29, 0.717) is 34.2 Å². The highest BCUT2D eigenvalue weighted by Gasteiger charge is 2.35. The van der Waals surface area contributed by atoms with E-state index in [9.17, 15) is 9.59 Å². The molecule has 1 heterocycles. The van der Waals surface area contributed by atoms with Gasteiger partial charge in [0.25, 0.3) is 11.8 Å². The summed E-state index contributed by atoms with van der Waals surface area (Å²) >= 11 is 6.18. The van der Waals surface area contributed by atoms with Crippen LogP contribution >= 0.6 is 11.6 Å². The fourth-order valence-electron chi connectivity index (χ4n) is 4.06. The molecule has 8 heteroatoms. The topological polar surface area (TPSA) is 71.4 Å². The van der Waals surface area contributed by atoms with E-state index in [1.54, 1.807) is 51.6 Å². The number of nitrogens with zero attached hydrogens (tertiary/aromatic N) is 3. The molecule has 0 fully saturated rings. The first-order valence-corrected chi connectivity index (χ1v) is 11.5. The summed E-state index contributed by atoms with van der Waals surface area (Å²) in [7, 11) is 4.75. The average molecular weight is 492 g/mol. The zero-order valence-corrected chi connectivity index (χ0v) is 20.5. The van der Waals surface area contributed by atoms with Gasteiger partial charge in [0.15, 0.2) is 0 Å². The van der Waals surface area contributed by atoms with Crippen molar-refractivity contribution in [1.29, 1.82) is 0 Å². The SMILES string of the molecule is COc1ccc(C2=NN(C(=O)CN(C)C(=O)c3ccccc3Cl)[C@H](c3ccccc3)C2)c(OC)c1. The normalized spacial score (nSPS) is 14.9. The smallest absolute Gasteiger partial charge is 0.262 e. The lowest BCUT2D eigenvalue weighted by molar-refractivity contribution is -0.133. The van der Waals surface area contributed by atoms with Gasteiger partial charge >= 0.3 is 0 Å². The van der Waals surface area contributed by atoms with Gasteiger partial charge in [-0.05, 0) is 29.8 Å². The van der Waals surface area contributed by atoms with Crippen molar-refractivity contribution in [3.63, 3.8) is 0 Å². The largest absolute Gasteiger partial charge is 0.497 e. The van der Waals surface area contributed by atoms with E-state index in [1.807, 2.05) is 42.5 Å². The molecule has 1 atom stereocenters. The molecular formula is C27H26ClN3O4. The summed E-state index contributed by atoms with van der Waals surface area (Å²) < 4.78 is 10.9. The maximum Gasteiger partial charge on any atom is 0.262 e. The summed E-state index contributed by atoms with van der Waals surface area (Å²) in [5.41, 5.74) is 2.79. The molecule has 7 nitrogen and oxygen atoms in total. The Morgan fingerprint density at radius 1 is 1.03 bits per heavy atom. The van der Waals surface area contributed by atoms with Crippen LogP contribution in [-0.4, -0.2) is 55.2 Å². The van der Waals surface area contributed by atoms with Crippen molar-refractivity contribution in [3.8, 4) is 11.5 Å². The second-order valence-corrected chi connectivity index (χ2v) is 8.53. The number of methoxy groups -OCH3 is 2. The Balaban J connectivity index is 1.63. The molecule has 0 aromatic heterocycles. The van der Waals surface area contributed by atoms with Crippen molar-refractivity contribution >= 4 is 29.1 Å². The number of ether oxygens (including phenoxy) is 2. The number of rotatable bonds is 7. The summed E-state index contributed by atoms with van der Waals surface area (Å²) in [4.78, 5) is 27.7. The minimum atomic E-state index is -0.333. The van der Waals surface area contributed by atoms with Gasteiger partial charge < -0.3 is 14.4 Å². The lowest BCUT2D eigenvalue weighted by atomic mass is 9.98. The van der Waals surface area contributed by atoms with Crippen LogP contribution in [0.1, 0.15) is 33.9 Å². The molecule has 1 aliphatic heterocycles. The predicted molar refractivity (Wildman–Crippen MR) is 135 cm³/mol. The molecule has 0 bridgehead atoms. The predicted octanol–water partition coefficient (Wildman–Crippen LogP) is 4.81. The van der Waals surface area contributed by atoms with Crippen LogP contribution in [0.15, 0.2) is 77.9 Å². The van der Waals surface area contributed by atoms with Crippen LogP contribution < -0.4 is 9.47 Å². The van der Waals surface area contributed by atoms with Crippen molar-refractivity contribution in [3.05, 3.63) is 94.5 Å². The first kappa shape index (κ1) is 24.3. The van der Waals surface area contributed by atoms with Crippen LogP contribution in [-0.2, 0) is 4.79 Å². The molecule has 4 rings (SSSR count). The molecule has 0 spiro atoms. The lowest BCUT2D eigenvalue weighted by Crippen LogP contribution is -2.39. The third-order valence-corrected chi connectivity index (χ3v) is 6.22. The number of likely N-dealkylation sites (N-methyl/N-ethyl adjacent to an activating group) is 1. The highest BCUT2D eigenvalue weighted by molar-refractivity contribution is 6.33. The number of carbonyl (C=O) groups is 2. The Hall–Kier alpha value is -3.84. The second kappa shape index (κ2) is 10.6. The van der Waals surface area contributed by atoms with Crippen LogP contribution in [0.3, 0.4) is 0 Å². The quantitative estimate of drug-likeness (QED) is 0.475. The molecule has 1 aliphatic rings. The van der Waals surface area contributed by atoms with Crippen molar-refractivity contribution in [2.45, 2.75) is 12.5 Å². The molecule has 0 radical (unpaired) electrons. The minimum absolute atomic E-state index is 0.149. The van der Waals surface area contributed by atoms with E-state index >= 15 is 0 Å². The van der Waals surface area contributed by atoms with Gasteiger partial charge in [0.1, 0.15) is 18.0 Å². The molecule has 35 heavy (non-hydrogen) atoms. The number of hydrazone groups is 1. The maximum atomic E-state index is 13.4. The summed E-state index contributed by atoms with van der Waals surface area (Å²) in [6.07, 6.45) is 0.501. The molecule has 0 saturated heterocycles. The average Bonchev–Trinajstić information content (AvgIpc) is 3.34. The van der Waals surface area contributed by atoms with Gasteiger partial charge in [-0.1, -0.05) is 54.1 Å². The molecule has 0 unspecified atom stereocenters. The van der Waals surface area contributed by atoms with E-state index < -0.39 is 0 Å². The van der Waals surface area contributed by atoms with Crippen molar-refractivity contribution < 1.29 is 19.1 Å². The van der Waals surface area contributed by atoms with Crippen molar-refractivity contribution in [2.75, 3.05) is 27.8 Å². The highest BCUT2D eigenvalue weighted by Crippen LogP contribution is 2.36. The fraction of sp³-hybridized carbons (Fsp3) is 0.222. The molecule has 0 aliphatic carbocycles. The summed E-state index contributed by atoms with van der Waals surface area (Å²) in [6, 6.07) is 21.7. The van der Waals surface area contributed by atoms with E-state index in [-0.39, 0.29) is 24.4 Å². The number of amides is 2. The first-order valence-electron chi connectivity index (χ1n) is 11.1. The van der Waals surface area contributed by atoms with Gasteiger partial charge in [0, 0.05) is 25.1 Å². The van der Waals surface area contributed by atoms with E-state index in [0.717, 1.165) is 11.1 Å². The van der Waals surface area contributed by atoms with E-state index in [2.05, 4.69) is 0 Å². The molecule has 0 saturated carbocycles. The van der Waals surface area contributed by atoms with Crippen molar-refractivity contribution in [1.82, 2.24) is 9.91 Å². The third-order valence-electron chi connectivity index (χ3n) is 5.89. The second-order valence-electron chi connectivity index (χ2n) is 8.12. The van der Waals surface area contributed by atoms with Crippen LogP contribution in [0.5, 0.6) is 11.5 Å². The Bertz CT molecular complexity index is 1260. The lowest BCUT2D eigenvalue weighted by Gasteiger charge is -2.25. The Labute approximate surface area is 209 Å². The number of halogens is 1. The van der Waals surface area contributed by atoms with Gasteiger partial charge in [-0.15, -0.1) is 0 Å². The fourth-order valence-corrected chi connectivity index (χ4v) is 4.28. The standard InChI is InChI=1S/C27H26ClN3O4/c1-30(27(33)20-11-7-8-12-22(20)28)17-26(32)31-24(18-9-5-4-6-10-18)16-23(29-31)21-14-13-19(34-2)15-25(21)35-3/h4-15,24H,16-17H2,1-3H3/t24-/m0/s1. The van der Waals surface area contributed by atoms with Gasteiger partial charge in [0.05, 0.1) is 36.6 Å².